The average molecular weight is 378 g/mol. The van der Waals surface area contributed by atoms with Crippen molar-refractivity contribution in [2.75, 3.05) is 33.2 Å². The lowest BCUT2D eigenvalue weighted by Gasteiger charge is -2.22. The molecule has 8 heteroatoms. The van der Waals surface area contributed by atoms with E-state index in [1.165, 1.54) is 17.0 Å². The van der Waals surface area contributed by atoms with E-state index in [1.807, 2.05) is 0 Å². The zero-order valence-electron chi connectivity index (χ0n) is 15.0. The van der Waals surface area contributed by atoms with Gasteiger partial charge in [0.25, 0.3) is 11.6 Å². The quantitative estimate of drug-likeness (QED) is 0.568. The number of ether oxygens (including phenoxy) is 1. The number of methoxy groups -OCH3 is 1. The summed E-state index contributed by atoms with van der Waals surface area (Å²) < 4.78 is 5.31. The van der Waals surface area contributed by atoms with Crippen molar-refractivity contribution >= 4 is 28.9 Å². The minimum absolute atomic E-state index is 0.132. The molecule has 0 fully saturated rings. The van der Waals surface area contributed by atoms with Gasteiger partial charge >= 0.3 is 0 Å². The fraction of sp³-hybridized carbons (Fsp3) is 0.278. The van der Waals surface area contributed by atoms with Gasteiger partial charge in [0.15, 0.2) is 0 Å². The summed E-state index contributed by atoms with van der Waals surface area (Å²) >= 11 is 6.04. The number of halogens is 1. The van der Waals surface area contributed by atoms with Gasteiger partial charge in [0, 0.05) is 56.1 Å². The molecule has 0 saturated heterocycles. The summed E-state index contributed by atoms with van der Waals surface area (Å²) in [5, 5.41) is 11.6. The van der Waals surface area contributed by atoms with Gasteiger partial charge in [0.05, 0.1) is 17.6 Å². The van der Waals surface area contributed by atoms with Crippen LogP contribution in [0, 0.1) is 10.1 Å². The third-order valence-corrected chi connectivity index (χ3v) is 4.13. The molecule has 0 heterocycles. The van der Waals surface area contributed by atoms with E-state index < -0.39 is 4.92 Å². The molecule has 1 amide bonds. The predicted molar refractivity (Wildman–Crippen MR) is 101 cm³/mol. The van der Waals surface area contributed by atoms with E-state index in [4.69, 9.17) is 16.3 Å². The lowest BCUT2D eigenvalue weighted by molar-refractivity contribution is -0.384. The van der Waals surface area contributed by atoms with Crippen LogP contribution < -0.4 is 9.64 Å². The number of nitro benzene ring substituents is 1. The summed E-state index contributed by atoms with van der Waals surface area (Å²) in [6.07, 6.45) is 0. The molecule has 0 N–H and O–H groups in total. The molecule has 0 aliphatic rings. The molecule has 2 rings (SSSR count). The number of nitrogens with zero attached hydrogens (tertiary/aromatic N) is 3. The number of rotatable bonds is 6. The Kier molecular flexibility index (Phi) is 6.05. The lowest BCUT2D eigenvalue weighted by atomic mass is 10.1. The second kappa shape index (κ2) is 8.05. The van der Waals surface area contributed by atoms with Crippen molar-refractivity contribution in [3.05, 3.63) is 62.7 Å². The summed E-state index contributed by atoms with van der Waals surface area (Å²) in [4.78, 5) is 26.7. The predicted octanol–water partition coefficient (Wildman–Crippen LogP) is 3.60. The van der Waals surface area contributed by atoms with Gasteiger partial charge in [-0.05, 0) is 24.3 Å². The molecule has 138 valence electrons. The van der Waals surface area contributed by atoms with Gasteiger partial charge in [-0.15, -0.1) is 0 Å². The van der Waals surface area contributed by atoms with Crippen molar-refractivity contribution in [1.29, 1.82) is 0 Å². The standard InChI is InChI=1S/C18H20ClN3O4/c1-20(2)16-7-6-14(22(24)25)10-15(16)18(23)21(3)11-12-9-13(19)5-8-17(12)26-4/h5-10H,11H2,1-4H3. The third kappa shape index (κ3) is 4.23. The third-order valence-electron chi connectivity index (χ3n) is 3.90. The summed E-state index contributed by atoms with van der Waals surface area (Å²) in [6.45, 7) is 0.248. The van der Waals surface area contributed by atoms with E-state index >= 15 is 0 Å². The fourth-order valence-corrected chi connectivity index (χ4v) is 2.80. The first kappa shape index (κ1) is 19.5. The van der Waals surface area contributed by atoms with Crippen LogP contribution in [0.15, 0.2) is 36.4 Å². The highest BCUT2D eigenvalue weighted by atomic mass is 35.5. The Morgan fingerprint density at radius 3 is 2.46 bits per heavy atom. The van der Waals surface area contributed by atoms with Crippen LogP contribution in [-0.2, 0) is 6.54 Å². The van der Waals surface area contributed by atoms with Gasteiger partial charge in [0.2, 0.25) is 0 Å². The molecular weight excluding hydrogens is 358 g/mol. The normalized spacial score (nSPS) is 10.3. The van der Waals surface area contributed by atoms with E-state index in [0.717, 1.165) is 5.56 Å². The van der Waals surface area contributed by atoms with Crippen molar-refractivity contribution in [3.8, 4) is 5.75 Å². The minimum Gasteiger partial charge on any atom is -0.496 e. The Balaban J connectivity index is 2.37. The van der Waals surface area contributed by atoms with E-state index in [0.29, 0.717) is 16.5 Å². The Morgan fingerprint density at radius 1 is 1.19 bits per heavy atom. The molecule has 0 aromatic heterocycles. The van der Waals surface area contributed by atoms with E-state index in [9.17, 15) is 14.9 Å². The van der Waals surface area contributed by atoms with Gasteiger partial charge in [-0.2, -0.15) is 0 Å². The maximum atomic E-state index is 12.9. The molecule has 0 spiro atoms. The van der Waals surface area contributed by atoms with Gasteiger partial charge in [0.1, 0.15) is 5.75 Å². The monoisotopic (exact) mass is 377 g/mol. The highest BCUT2D eigenvalue weighted by Gasteiger charge is 2.21. The highest BCUT2D eigenvalue weighted by Crippen LogP contribution is 2.28. The summed E-state index contributed by atoms with van der Waals surface area (Å²) in [5.41, 5.74) is 1.47. The molecule has 0 atom stereocenters. The van der Waals surface area contributed by atoms with Crippen LogP contribution in [0.4, 0.5) is 11.4 Å². The van der Waals surface area contributed by atoms with Gasteiger partial charge < -0.3 is 14.5 Å². The SMILES string of the molecule is COc1ccc(Cl)cc1CN(C)C(=O)c1cc([N+](=O)[O-])ccc1N(C)C. The zero-order chi connectivity index (χ0) is 19.4. The Hall–Kier alpha value is -2.80. The smallest absolute Gasteiger partial charge is 0.270 e. The van der Waals surface area contributed by atoms with Crippen LogP contribution in [0.3, 0.4) is 0 Å². The number of hydrogen-bond donors (Lipinski definition) is 0. The molecular formula is C18H20ClN3O4. The molecule has 2 aromatic carbocycles. The molecule has 0 unspecified atom stereocenters. The number of non-ortho nitro benzene ring substituents is 1. The lowest BCUT2D eigenvalue weighted by Crippen LogP contribution is -2.28. The van der Waals surface area contributed by atoms with Crippen LogP contribution >= 0.6 is 11.6 Å². The molecule has 2 aromatic rings. The van der Waals surface area contributed by atoms with Crippen LogP contribution in [0.2, 0.25) is 5.02 Å². The van der Waals surface area contributed by atoms with Gasteiger partial charge in [-0.1, -0.05) is 11.6 Å². The maximum Gasteiger partial charge on any atom is 0.270 e. The molecule has 0 saturated carbocycles. The summed E-state index contributed by atoms with van der Waals surface area (Å²) in [6, 6.07) is 9.41. The van der Waals surface area contributed by atoms with Crippen LogP contribution in [0.1, 0.15) is 15.9 Å². The number of carbonyl (C=O) groups excluding carboxylic acids is 1. The number of hydrogen-bond acceptors (Lipinski definition) is 5. The summed E-state index contributed by atoms with van der Waals surface area (Å²) in [7, 11) is 6.72. The summed E-state index contributed by atoms with van der Waals surface area (Å²) in [5.74, 6) is 0.278. The molecule has 7 nitrogen and oxygen atoms in total. The number of amides is 1. The van der Waals surface area contributed by atoms with Crippen molar-refractivity contribution in [3.63, 3.8) is 0 Å². The molecule has 26 heavy (non-hydrogen) atoms. The number of carbonyl (C=O) groups is 1. The first-order valence-electron chi connectivity index (χ1n) is 7.78. The average Bonchev–Trinajstić information content (AvgIpc) is 2.60. The fourth-order valence-electron chi connectivity index (χ4n) is 2.60. The molecule has 0 radical (unpaired) electrons. The van der Waals surface area contributed by atoms with E-state index in [-0.39, 0.29) is 23.7 Å². The van der Waals surface area contributed by atoms with Crippen LogP contribution in [0.25, 0.3) is 0 Å². The van der Waals surface area contributed by atoms with Gasteiger partial charge in [-0.3, -0.25) is 14.9 Å². The Bertz CT molecular complexity index is 839. The van der Waals surface area contributed by atoms with Crippen molar-refractivity contribution < 1.29 is 14.5 Å². The molecule has 0 aliphatic carbocycles. The van der Waals surface area contributed by atoms with Crippen molar-refractivity contribution in [2.45, 2.75) is 6.54 Å². The topological polar surface area (TPSA) is 75.9 Å². The first-order chi connectivity index (χ1) is 12.2. The van der Waals surface area contributed by atoms with Crippen LogP contribution in [-0.4, -0.2) is 44.0 Å². The zero-order valence-corrected chi connectivity index (χ0v) is 15.8. The minimum atomic E-state index is -0.518. The second-order valence-electron chi connectivity index (χ2n) is 5.97. The largest absolute Gasteiger partial charge is 0.496 e. The van der Waals surface area contributed by atoms with Crippen molar-refractivity contribution in [1.82, 2.24) is 4.90 Å². The number of nitro groups is 1. The second-order valence-corrected chi connectivity index (χ2v) is 6.41. The van der Waals surface area contributed by atoms with E-state index in [2.05, 4.69) is 0 Å². The van der Waals surface area contributed by atoms with Gasteiger partial charge in [-0.25, -0.2) is 0 Å². The Morgan fingerprint density at radius 2 is 1.88 bits per heavy atom. The van der Waals surface area contributed by atoms with Crippen molar-refractivity contribution in [2.24, 2.45) is 0 Å². The van der Waals surface area contributed by atoms with E-state index in [1.54, 1.807) is 57.4 Å². The maximum absolute atomic E-state index is 12.9. The number of benzene rings is 2. The Labute approximate surface area is 156 Å². The number of anilines is 1. The van der Waals surface area contributed by atoms with Crippen LogP contribution in [0.5, 0.6) is 5.75 Å². The molecule has 0 bridgehead atoms. The highest BCUT2D eigenvalue weighted by molar-refractivity contribution is 6.30. The molecule has 0 aliphatic heterocycles. The first-order valence-corrected chi connectivity index (χ1v) is 8.16.